The molecule has 1 aromatic rings. The maximum absolute atomic E-state index is 12.6. The predicted molar refractivity (Wildman–Crippen MR) is 82.9 cm³/mol. The van der Waals surface area contributed by atoms with Crippen LogP contribution in [0, 0.1) is 0 Å². The third-order valence-electron chi connectivity index (χ3n) is 6.34. The Hall–Kier alpha value is -1.85. The Balaban J connectivity index is 1.89. The van der Waals surface area contributed by atoms with Crippen molar-refractivity contribution in [1.82, 2.24) is 4.90 Å². The third-order valence-corrected chi connectivity index (χ3v) is 6.34. The van der Waals surface area contributed by atoms with Crippen LogP contribution < -0.4 is 9.47 Å². The van der Waals surface area contributed by atoms with Crippen molar-refractivity contribution in [3.8, 4) is 11.5 Å². The molecule has 5 heteroatoms. The number of ether oxygens (including phenoxy) is 2. The van der Waals surface area contributed by atoms with E-state index in [0.29, 0.717) is 17.9 Å². The van der Waals surface area contributed by atoms with Crippen molar-refractivity contribution < 1.29 is 19.4 Å². The number of aliphatic hydroxyl groups is 1. The van der Waals surface area contributed by atoms with Gasteiger partial charge in [0.05, 0.1) is 12.5 Å². The van der Waals surface area contributed by atoms with Gasteiger partial charge in [0.2, 0.25) is 0 Å². The van der Waals surface area contributed by atoms with E-state index in [-0.39, 0.29) is 11.8 Å². The molecule has 2 aliphatic heterocycles. The summed E-state index contributed by atoms with van der Waals surface area (Å²) in [7, 11) is 3.65. The lowest BCUT2D eigenvalue weighted by atomic mass is 9.51. The minimum absolute atomic E-state index is 0.0430. The van der Waals surface area contributed by atoms with Crippen LogP contribution in [0.15, 0.2) is 24.3 Å². The Bertz CT molecular complexity index is 773. The lowest BCUT2D eigenvalue weighted by molar-refractivity contribution is -0.151. The van der Waals surface area contributed by atoms with Gasteiger partial charge in [-0.1, -0.05) is 6.07 Å². The lowest BCUT2D eigenvalue weighted by Crippen LogP contribution is -2.74. The maximum Gasteiger partial charge on any atom is 0.196 e. The van der Waals surface area contributed by atoms with Gasteiger partial charge in [0.15, 0.2) is 23.4 Å². The number of hydrogen-bond donors (Lipinski definition) is 1. The third kappa shape index (κ3) is 1.28. The Labute approximate surface area is 134 Å². The summed E-state index contributed by atoms with van der Waals surface area (Å²) in [5.41, 5.74) is 0.385. The zero-order chi connectivity index (χ0) is 16.0. The van der Waals surface area contributed by atoms with E-state index < -0.39 is 17.1 Å². The number of benzene rings is 1. The van der Waals surface area contributed by atoms with Gasteiger partial charge in [-0.2, -0.15) is 0 Å². The highest BCUT2D eigenvalue weighted by molar-refractivity contribution is 5.99. The van der Waals surface area contributed by atoms with Gasteiger partial charge in [0.25, 0.3) is 0 Å². The Morgan fingerprint density at radius 2 is 2.26 bits per heavy atom. The van der Waals surface area contributed by atoms with Crippen LogP contribution in [-0.4, -0.2) is 54.2 Å². The first-order chi connectivity index (χ1) is 11.0. The van der Waals surface area contributed by atoms with Crippen LogP contribution in [0.3, 0.4) is 0 Å². The van der Waals surface area contributed by atoms with Crippen molar-refractivity contribution in [1.29, 1.82) is 0 Å². The average molecular weight is 313 g/mol. The van der Waals surface area contributed by atoms with Crippen molar-refractivity contribution in [2.75, 3.05) is 20.7 Å². The zero-order valence-corrected chi connectivity index (χ0v) is 13.2. The summed E-state index contributed by atoms with van der Waals surface area (Å²) in [6.07, 6.45) is 4.00. The van der Waals surface area contributed by atoms with Crippen LogP contribution in [-0.2, 0) is 16.6 Å². The summed E-state index contributed by atoms with van der Waals surface area (Å²) in [5.74, 6) is 1.22. The number of hydrogen-bond acceptors (Lipinski definition) is 5. The molecule has 1 fully saturated rings. The molecule has 1 spiro atoms. The average Bonchev–Trinajstić information content (AvgIpc) is 2.90. The van der Waals surface area contributed by atoms with Gasteiger partial charge in [-0.25, -0.2) is 0 Å². The molecular formula is C18H19NO4. The summed E-state index contributed by atoms with van der Waals surface area (Å²) in [6.45, 7) is 0.837. The molecule has 1 saturated heterocycles. The smallest absolute Gasteiger partial charge is 0.196 e. The number of carbonyl (C=O) groups excluding carboxylic acids is 1. The molecule has 4 aliphatic rings. The van der Waals surface area contributed by atoms with Gasteiger partial charge in [0.1, 0.15) is 5.60 Å². The first-order valence-electron chi connectivity index (χ1n) is 8.05. The van der Waals surface area contributed by atoms with E-state index in [4.69, 9.17) is 9.47 Å². The molecule has 2 aliphatic carbocycles. The van der Waals surface area contributed by atoms with Gasteiger partial charge in [0, 0.05) is 11.6 Å². The van der Waals surface area contributed by atoms with Gasteiger partial charge < -0.3 is 14.6 Å². The second kappa shape index (κ2) is 3.97. The van der Waals surface area contributed by atoms with Crippen molar-refractivity contribution in [2.45, 2.75) is 36.0 Å². The molecular weight excluding hydrogens is 294 g/mol. The molecule has 23 heavy (non-hydrogen) atoms. The van der Waals surface area contributed by atoms with E-state index in [1.807, 2.05) is 13.1 Å². The molecule has 0 amide bonds. The largest absolute Gasteiger partial charge is 0.493 e. The van der Waals surface area contributed by atoms with Crippen LogP contribution in [0.25, 0.3) is 0 Å². The summed E-state index contributed by atoms with van der Waals surface area (Å²) in [4.78, 5) is 14.8. The number of rotatable bonds is 1. The van der Waals surface area contributed by atoms with Crippen molar-refractivity contribution in [3.05, 3.63) is 35.4 Å². The number of piperidine rings is 1. The highest BCUT2D eigenvalue weighted by Gasteiger charge is 2.71. The lowest BCUT2D eigenvalue weighted by Gasteiger charge is -2.60. The molecule has 1 aromatic carbocycles. The maximum atomic E-state index is 12.6. The molecule has 0 saturated carbocycles. The summed E-state index contributed by atoms with van der Waals surface area (Å²) in [5, 5.41) is 11.7. The number of carbonyl (C=O) groups is 1. The molecule has 120 valence electrons. The van der Waals surface area contributed by atoms with E-state index in [2.05, 4.69) is 11.0 Å². The van der Waals surface area contributed by atoms with Crippen LogP contribution in [0.4, 0.5) is 0 Å². The minimum atomic E-state index is -1.08. The van der Waals surface area contributed by atoms with Gasteiger partial charge in [-0.3, -0.25) is 9.69 Å². The topological polar surface area (TPSA) is 59.0 Å². The zero-order valence-electron chi connectivity index (χ0n) is 13.2. The van der Waals surface area contributed by atoms with E-state index in [1.54, 1.807) is 13.2 Å². The highest BCUT2D eigenvalue weighted by atomic mass is 16.5. The molecule has 1 N–H and O–H groups in total. The molecule has 0 unspecified atom stereocenters. The van der Waals surface area contributed by atoms with Crippen molar-refractivity contribution >= 4 is 5.78 Å². The molecule has 0 radical (unpaired) electrons. The van der Waals surface area contributed by atoms with Gasteiger partial charge in [-0.15, -0.1) is 0 Å². The van der Waals surface area contributed by atoms with Gasteiger partial charge >= 0.3 is 0 Å². The molecule has 2 heterocycles. The SMILES string of the molecule is COc1ccc2c3c1O[C@@H]1C(=O)C=C[C@]4(O)[C@H](C2)N(C)CC[C@@]314. The summed E-state index contributed by atoms with van der Waals surface area (Å²) < 4.78 is 11.6. The van der Waals surface area contributed by atoms with Crippen molar-refractivity contribution in [3.63, 3.8) is 0 Å². The normalized spacial score (nSPS) is 39.9. The highest BCUT2D eigenvalue weighted by Crippen LogP contribution is 2.63. The Morgan fingerprint density at radius 1 is 1.43 bits per heavy atom. The molecule has 5 rings (SSSR count). The van der Waals surface area contributed by atoms with Crippen LogP contribution in [0.2, 0.25) is 0 Å². The number of likely N-dealkylation sites (tertiary alicyclic amines) is 1. The minimum Gasteiger partial charge on any atom is -0.493 e. The van der Waals surface area contributed by atoms with E-state index in [1.165, 1.54) is 6.08 Å². The molecule has 0 aromatic heterocycles. The first kappa shape index (κ1) is 13.6. The van der Waals surface area contributed by atoms with E-state index >= 15 is 0 Å². The number of methoxy groups -OCH3 is 1. The number of likely N-dealkylation sites (N-methyl/N-ethyl adjacent to an activating group) is 1. The Morgan fingerprint density at radius 3 is 3.04 bits per heavy atom. The summed E-state index contributed by atoms with van der Waals surface area (Å²) >= 11 is 0. The second-order valence-corrected chi connectivity index (χ2v) is 7.11. The fraction of sp³-hybridized carbons (Fsp3) is 0.500. The standard InChI is InChI=1S/C18H19NO4/c1-19-8-7-17-14-10-3-4-12(22-2)15(14)23-16(17)11(20)5-6-18(17,21)13(19)9-10/h3-6,13,16,21H,7-9H2,1-2H3/t13-,16+,17+,18-/m0/s1. The van der Waals surface area contributed by atoms with Crippen LogP contribution in [0.1, 0.15) is 17.5 Å². The Kier molecular flexibility index (Phi) is 2.34. The quantitative estimate of drug-likeness (QED) is 0.832. The van der Waals surface area contributed by atoms with E-state index in [0.717, 1.165) is 24.1 Å². The molecule has 4 atom stereocenters. The molecule has 2 bridgehead atoms. The molecule has 5 nitrogen and oxygen atoms in total. The summed E-state index contributed by atoms with van der Waals surface area (Å²) in [6, 6.07) is 3.92. The predicted octanol–water partition coefficient (Wildman–Crippen LogP) is 0.824. The number of ketones is 1. The van der Waals surface area contributed by atoms with E-state index in [9.17, 15) is 9.90 Å². The number of nitrogens with zero attached hydrogens (tertiary/aromatic N) is 1. The van der Waals surface area contributed by atoms with Gasteiger partial charge in [-0.05, 0) is 50.2 Å². The van der Waals surface area contributed by atoms with Crippen LogP contribution in [0.5, 0.6) is 11.5 Å². The fourth-order valence-electron chi connectivity index (χ4n) is 5.28. The monoisotopic (exact) mass is 313 g/mol. The fourth-order valence-corrected chi connectivity index (χ4v) is 5.28. The van der Waals surface area contributed by atoms with Crippen molar-refractivity contribution in [2.24, 2.45) is 0 Å². The first-order valence-corrected chi connectivity index (χ1v) is 8.05. The van der Waals surface area contributed by atoms with Crippen LogP contribution >= 0.6 is 0 Å². The second-order valence-electron chi connectivity index (χ2n) is 7.11.